The molecule has 2 aromatic carbocycles. The third-order valence-corrected chi connectivity index (χ3v) is 6.01. The fourth-order valence-corrected chi connectivity index (χ4v) is 4.37. The average molecular weight is 449 g/mol. The van der Waals surface area contributed by atoms with Gasteiger partial charge in [0, 0.05) is 26.2 Å². The number of carbonyl (C=O) groups excluding carboxylic acids is 1. The van der Waals surface area contributed by atoms with Gasteiger partial charge in [-0.15, -0.1) is 0 Å². The zero-order valence-electron chi connectivity index (χ0n) is 19.6. The van der Waals surface area contributed by atoms with E-state index in [1.165, 1.54) is 0 Å². The Balaban J connectivity index is 1.44. The Hall–Kier alpha value is -3.35. The number of hydrogen-bond acceptors (Lipinski definition) is 5. The maximum absolute atomic E-state index is 13.1. The van der Waals surface area contributed by atoms with Gasteiger partial charge in [0.15, 0.2) is 5.82 Å². The van der Waals surface area contributed by atoms with E-state index in [1.807, 2.05) is 74.2 Å². The largest absolute Gasteiger partial charge is 0.491 e. The molecule has 1 unspecified atom stereocenters. The molecule has 1 atom stereocenters. The number of aryl methyl sites for hydroxylation is 1. The van der Waals surface area contributed by atoms with E-state index >= 15 is 0 Å². The van der Waals surface area contributed by atoms with Crippen molar-refractivity contribution in [2.45, 2.75) is 52.8 Å². The van der Waals surface area contributed by atoms with Gasteiger partial charge in [0.25, 0.3) is 5.56 Å². The zero-order valence-corrected chi connectivity index (χ0v) is 19.6. The number of hydrogen-bond donors (Lipinski definition) is 1. The van der Waals surface area contributed by atoms with E-state index in [2.05, 4.69) is 10.3 Å². The third kappa shape index (κ3) is 5.18. The number of fused-ring (bicyclic) bond motifs is 1. The lowest BCUT2D eigenvalue weighted by Crippen LogP contribution is -2.45. The molecule has 1 saturated heterocycles. The van der Waals surface area contributed by atoms with Gasteiger partial charge in [-0.3, -0.25) is 9.59 Å². The Morgan fingerprint density at radius 2 is 1.94 bits per heavy atom. The maximum Gasteiger partial charge on any atom is 0.293 e. The van der Waals surface area contributed by atoms with Gasteiger partial charge in [0.05, 0.1) is 23.1 Å². The monoisotopic (exact) mass is 448 g/mol. The molecule has 1 N–H and O–H groups in total. The van der Waals surface area contributed by atoms with Crippen LogP contribution in [0.5, 0.6) is 5.75 Å². The number of para-hydroxylation sites is 2. The molecular weight excluding hydrogens is 416 g/mol. The Kier molecular flexibility index (Phi) is 6.96. The molecule has 7 nitrogen and oxygen atoms in total. The number of carbonyl (C=O) groups is 1. The van der Waals surface area contributed by atoms with Crippen molar-refractivity contribution >= 4 is 22.8 Å². The molecule has 1 aromatic heterocycles. The lowest BCUT2D eigenvalue weighted by Gasteiger charge is -2.32. The van der Waals surface area contributed by atoms with Crippen LogP contribution < -0.4 is 20.5 Å². The van der Waals surface area contributed by atoms with E-state index < -0.39 is 0 Å². The average Bonchev–Trinajstić information content (AvgIpc) is 2.83. The van der Waals surface area contributed by atoms with E-state index in [1.54, 1.807) is 4.57 Å². The minimum absolute atomic E-state index is 0.0128. The van der Waals surface area contributed by atoms with Crippen molar-refractivity contribution in [1.82, 2.24) is 14.9 Å². The molecule has 2 heterocycles. The number of ether oxygens (including phenoxy) is 1. The van der Waals surface area contributed by atoms with Crippen LogP contribution in [-0.2, 0) is 17.9 Å². The van der Waals surface area contributed by atoms with Crippen molar-refractivity contribution < 1.29 is 9.53 Å². The molecule has 1 aliphatic heterocycles. The molecule has 7 heteroatoms. The normalized spacial score (nSPS) is 16.2. The highest BCUT2D eigenvalue weighted by Crippen LogP contribution is 2.22. The van der Waals surface area contributed by atoms with Gasteiger partial charge in [-0.1, -0.05) is 24.3 Å². The van der Waals surface area contributed by atoms with Crippen molar-refractivity contribution in [1.29, 1.82) is 0 Å². The summed E-state index contributed by atoms with van der Waals surface area (Å²) in [4.78, 5) is 32.7. The Labute approximate surface area is 194 Å². The highest BCUT2D eigenvalue weighted by atomic mass is 16.5. The molecule has 0 saturated carbocycles. The number of rotatable bonds is 7. The Morgan fingerprint density at radius 1 is 1.18 bits per heavy atom. The molecule has 3 aromatic rings. The van der Waals surface area contributed by atoms with Crippen LogP contribution in [0.1, 0.15) is 39.2 Å². The first-order chi connectivity index (χ1) is 16.0. The molecule has 0 radical (unpaired) electrons. The highest BCUT2D eigenvalue weighted by molar-refractivity contribution is 5.80. The van der Waals surface area contributed by atoms with Crippen molar-refractivity contribution in [3.8, 4) is 5.75 Å². The van der Waals surface area contributed by atoms with Gasteiger partial charge in [-0.25, -0.2) is 4.98 Å². The summed E-state index contributed by atoms with van der Waals surface area (Å²) < 4.78 is 7.43. The van der Waals surface area contributed by atoms with Crippen LogP contribution in [0.15, 0.2) is 53.3 Å². The van der Waals surface area contributed by atoms with Crippen LogP contribution >= 0.6 is 0 Å². The van der Waals surface area contributed by atoms with E-state index in [0.717, 1.165) is 41.7 Å². The quantitative estimate of drug-likeness (QED) is 0.596. The summed E-state index contributed by atoms with van der Waals surface area (Å²) in [6, 6.07) is 15.5. The molecule has 174 valence electrons. The minimum atomic E-state index is -0.176. The first-order valence-corrected chi connectivity index (χ1v) is 11.7. The molecular formula is C26H32N4O3. The first kappa shape index (κ1) is 22.8. The number of nitrogens with one attached hydrogen (secondary N) is 1. The number of anilines is 1. The zero-order chi connectivity index (χ0) is 23.4. The van der Waals surface area contributed by atoms with Crippen LogP contribution in [0.4, 0.5) is 5.82 Å². The molecule has 0 aliphatic carbocycles. The van der Waals surface area contributed by atoms with Crippen LogP contribution in [0, 0.1) is 5.92 Å². The second kappa shape index (κ2) is 10.1. The van der Waals surface area contributed by atoms with E-state index in [-0.39, 0.29) is 23.5 Å². The van der Waals surface area contributed by atoms with Gasteiger partial charge in [0.1, 0.15) is 5.75 Å². The summed E-state index contributed by atoms with van der Waals surface area (Å²) in [6.45, 7) is 8.22. The molecule has 33 heavy (non-hydrogen) atoms. The number of amides is 1. The van der Waals surface area contributed by atoms with Gasteiger partial charge < -0.3 is 19.5 Å². The van der Waals surface area contributed by atoms with Crippen molar-refractivity contribution in [3.63, 3.8) is 0 Å². The summed E-state index contributed by atoms with van der Waals surface area (Å²) in [6.07, 6.45) is 1.78. The molecule has 1 amide bonds. The minimum Gasteiger partial charge on any atom is -0.491 e. The maximum atomic E-state index is 13.1. The summed E-state index contributed by atoms with van der Waals surface area (Å²) in [7, 11) is 0. The van der Waals surface area contributed by atoms with Gasteiger partial charge >= 0.3 is 0 Å². The van der Waals surface area contributed by atoms with Crippen molar-refractivity contribution in [2.75, 3.05) is 18.0 Å². The van der Waals surface area contributed by atoms with Crippen LogP contribution in [0.2, 0.25) is 0 Å². The van der Waals surface area contributed by atoms with E-state index in [9.17, 15) is 9.59 Å². The smallest absolute Gasteiger partial charge is 0.293 e. The van der Waals surface area contributed by atoms with Crippen LogP contribution in [-0.4, -0.2) is 34.7 Å². The summed E-state index contributed by atoms with van der Waals surface area (Å²) >= 11 is 0. The SMILES string of the molecule is CCn1c(=O)c(N2CCCC(C(=O)NCc3ccc(OC(C)C)cc3)C2)nc2ccccc21. The number of benzene rings is 2. The fourth-order valence-electron chi connectivity index (χ4n) is 4.37. The second-order valence-electron chi connectivity index (χ2n) is 8.79. The predicted molar refractivity (Wildman–Crippen MR) is 131 cm³/mol. The number of aromatic nitrogens is 2. The van der Waals surface area contributed by atoms with Crippen molar-refractivity contribution in [3.05, 3.63) is 64.4 Å². The summed E-state index contributed by atoms with van der Waals surface area (Å²) in [5.41, 5.74) is 2.56. The van der Waals surface area contributed by atoms with Crippen LogP contribution in [0.3, 0.4) is 0 Å². The molecule has 1 fully saturated rings. The Bertz CT molecular complexity index is 1170. The standard InChI is InChI=1S/C26H32N4O3/c1-4-30-23-10-6-5-9-22(23)28-24(26(30)32)29-15-7-8-20(17-29)25(31)27-16-19-11-13-21(14-12-19)33-18(2)3/h5-6,9-14,18,20H,4,7-8,15-17H2,1-3H3,(H,27,31). The number of nitrogens with zero attached hydrogens (tertiary/aromatic N) is 3. The second-order valence-corrected chi connectivity index (χ2v) is 8.79. The molecule has 0 spiro atoms. The fraction of sp³-hybridized carbons (Fsp3) is 0.423. The predicted octanol–water partition coefficient (Wildman–Crippen LogP) is 3.74. The van der Waals surface area contributed by atoms with Gasteiger partial charge in [0.2, 0.25) is 5.91 Å². The van der Waals surface area contributed by atoms with Crippen molar-refractivity contribution in [2.24, 2.45) is 5.92 Å². The molecule has 0 bridgehead atoms. The molecule has 1 aliphatic rings. The van der Waals surface area contributed by atoms with Gasteiger partial charge in [-0.05, 0) is 63.4 Å². The van der Waals surface area contributed by atoms with E-state index in [4.69, 9.17) is 4.74 Å². The molecule has 4 rings (SSSR count). The van der Waals surface area contributed by atoms with E-state index in [0.29, 0.717) is 25.5 Å². The first-order valence-electron chi connectivity index (χ1n) is 11.7. The topological polar surface area (TPSA) is 76.5 Å². The summed E-state index contributed by atoms with van der Waals surface area (Å²) in [5.74, 6) is 1.10. The summed E-state index contributed by atoms with van der Waals surface area (Å²) in [5, 5.41) is 3.06. The lowest BCUT2D eigenvalue weighted by atomic mass is 9.97. The highest BCUT2D eigenvalue weighted by Gasteiger charge is 2.28. The third-order valence-electron chi connectivity index (χ3n) is 6.01. The lowest BCUT2D eigenvalue weighted by molar-refractivity contribution is -0.125. The van der Waals surface area contributed by atoms with Crippen LogP contribution in [0.25, 0.3) is 11.0 Å². The number of piperidine rings is 1. The Morgan fingerprint density at radius 3 is 2.67 bits per heavy atom. The van der Waals surface area contributed by atoms with Gasteiger partial charge in [-0.2, -0.15) is 0 Å².